The number of aromatic nitrogens is 2. The van der Waals surface area contributed by atoms with Gasteiger partial charge in [0.25, 0.3) is 0 Å². The lowest BCUT2D eigenvalue weighted by molar-refractivity contribution is 0.338. The molecule has 0 atom stereocenters. The summed E-state index contributed by atoms with van der Waals surface area (Å²) in [5.41, 5.74) is 0.857. The van der Waals surface area contributed by atoms with Gasteiger partial charge in [-0.15, -0.1) is 0 Å². The highest BCUT2D eigenvalue weighted by Crippen LogP contribution is 2.28. The van der Waals surface area contributed by atoms with E-state index in [1.54, 1.807) is 16.9 Å². The zero-order chi connectivity index (χ0) is 10.1. The van der Waals surface area contributed by atoms with Crippen molar-refractivity contribution in [1.29, 1.82) is 0 Å². The molecule has 2 aromatic rings. The van der Waals surface area contributed by atoms with Gasteiger partial charge in [-0.1, -0.05) is 11.6 Å². The summed E-state index contributed by atoms with van der Waals surface area (Å²) in [6.07, 6.45) is 3.41. The fourth-order valence-corrected chi connectivity index (χ4v) is 2.23. The quantitative estimate of drug-likeness (QED) is 0.842. The van der Waals surface area contributed by atoms with Crippen LogP contribution in [0.3, 0.4) is 0 Å². The molecule has 0 aliphatic heterocycles. The first-order valence-corrected chi connectivity index (χ1v) is 5.34. The zero-order valence-corrected chi connectivity index (χ0v) is 9.84. The maximum absolute atomic E-state index is 5.95. The number of pyridine rings is 1. The first-order valence-electron chi connectivity index (χ1n) is 4.17. The Kier molecular flexibility index (Phi) is 2.65. The van der Waals surface area contributed by atoms with Gasteiger partial charge in [-0.25, -0.2) is 4.52 Å². The van der Waals surface area contributed by atoms with E-state index >= 15 is 0 Å². The van der Waals surface area contributed by atoms with E-state index in [9.17, 15) is 0 Å². The van der Waals surface area contributed by atoms with Gasteiger partial charge in [-0.2, -0.15) is 5.10 Å². The van der Waals surface area contributed by atoms with Crippen LogP contribution in [-0.2, 0) is 0 Å². The molecule has 3 nitrogen and oxygen atoms in total. The van der Waals surface area contributed by atoms with Crippen molar-refractivity contribution in [1.82, 2.24) is 9.61 Å². The van der Waals surface area contributed by atoms with Crippen LogP contribution < -0.4 is 4.74 Å². The lowest BCUT2D eigenvalue weighted by Crippen LogP contribution is -1.95. The Morgan fingerprint density at radius 2 is 2.43 bits per heavy atom. The van der Waals surface area contributed by atoms with E-state index in [1.165, 1.54) is 0 Å². The van der Waals surface area contributed by atoms with Gasteiger partial charge in [-0.3, -0.25) is 0 Å². The van der Waals surface area contributed by atoms with Crippen molar-refractivity contribution in [2.45, 2.75) is 6.92 Å². The highest BCUT2D eigenvalue weighted by Gasteiger charge is 2.07. The molecule has 0 aliphatic carbocycles. The molecule has 74 valence electrons. The van der Waals surface area contributed by atoms with Gasteiger partial charge in [-0.05, 0) is 28.9 Å². The fraction of sp³-hybridized carbons (Fsp3) is 0.222. The van der Waals surface area contributed by atoms with Crippen LogP contribution in [0.2, 0.25) is 5.02 Å². The molecule has 0 aromatic carbocycles. The molecule has 14 heavy (non-hydrogen) atoms. The second-order valence-electron chi connectivity index (χ2n) is 2.74. The molecular formula is C9H8BrClN2O. The van der Waals surface area contributed by atoms with E-state index < -0.39 is 0 Å². The van der Waals surface area contributed by atoms with Crippen LogP contribution in [0, 0.1) is 0 Å². The van der Waals surface area contributed by atoms with E-state index in [0.29, 0.717) is 11.6 Å². The van der Waals surface area contributed by atoms with E-state index in [1.807, 2.05) is 13.0 Å². The van der Waals surface area contributed by atoms with Crippen molar-refractivity contribution in [2.75, 3.05) is 6.61 Å². The van der Waals surface area contributed by atoms with Crippen LogP contribution in [-0.4, -0.2) is 16.2 Å². The van der Waals surface area contributed by atoms with Crippen molar-refractivity contribution in [2.24, 2.45) is 0 Å². The summed E-state index contributed by atoms with van der Waals surface area (Å²) >= 11 is 9.38. The van der Waals surface area contributed by atoms with Gasteiger partial charge >= 0.3 is 0 Å². The Labute approximate surface area is 94.8 Å². The van der Waals surface area contributed by atoms with E-state index in [0.717, 1.165) is 15.7 Å². The summed E-state index contributed by atoms with van der Waals surface area (Å²) in [7, 11) is 0. The van der Waals surface area contributed by atoms with Crippen molar-refractivity contribution in [3.63, 3.8) is 0 Å². The Morgan fingerprint density at radius 3 is 3.14 bits per heavy atom. The predicted molar refractivity (Wildman–Crippen MR) is 59.1 cm³/mol. The smallest absolute Gasteiger partial charge is 0.138 e. The summed E-state index contributed by atoms with van der Waals surface area (Å²) in [5.74, 6) is 0.770. The number of fused-ring (bicyclic) bond motifs is 1. The summed E-state index contributed by atoms with van der Waals surface area (Å²) in [6, 6.07) is 1.88. The van der Waals surface area contributed by atoms with Crippen molar-refractivity contribution in [3.8, 4) is 5.75 Å². The lowest BCUT2D eigenvalue weighted by atomic mass is 10.4. The molecule has 2 rings (SSSR count). The van der Waals surface area contributed by atoms with Crippen molar-refractivity contribution < 1.29 is 4.74 Å². The van der Waals surface area contributed by atoms with E-state index in [2.05, 4.69) is 21.0 Å². The van der Waals surface area contributed by atoms with Gasteiger partial charge < -0.3 is 4.74 Å². The molecule has 5 heteroatoms. The average molecular weight is 276 g/mol. The van der Waals surface area contributed by atoms with E-state index in [-0.39, 0.29) is 0 Å². The third kappa shape index (κ3) is 1.60. The molecule has 2 aromatic heterocycles. The molecule has 0 unspecified atom stereocenters. The number of nitrogens with zero attached hydrogens (tertiary/aromatic N) is 2. The third-order valence-electron chi connectivity index (χ3n) is 1.81. The first kappa shape index (κ1) is 9.80. The van der Waals surface area contributed by atoms with Crippen LogP contribution in [0.1, 0.15) is 6.92 Å². The topological polar surface area (TPSA) is 26.5 Å². The molecule has 0 amide bonds. The van der Waals surface area contributed by atoms with Crippen LogP contribution >= 0.6 is 27.5 Å². The monoisotopic (exact) mass is 274 g/mol. The average Bonchev–Trinajstić information content (AvgIpc) is 2.48. The maximum Gasteiger partial charge on any atom is 0.138 e. The minimum atomic E-state index is 0.625. The van der Waals surface area contributed by atoms with Gasteiger partial charge in [0, 0.05) is 4.47 Å². The normalized spacial score (nSPS) is 10.8. The molecule has 0 spiro atoms. The number of ether oxygens (including phenoxy) is 1. The summed E-state index contributed by atoms with van der Waals surface area (Å²) < 4.78 is 7.94. The molecule has 0 saturated carbocycles. The zero-order valence-electron chi connectivity index (χ0n) is 7.50. The van der Waals surface area contributed by atoms with Crippen molar-refractivity contribution >= 4 is 33.0 Å². The number of hydrogen-bond donors (Lipinski definition) is 0. The molecule has 0 bridgehead atoms. The number of hydrogen-bond acceptors (Lipinski definition) is 2. The second-order valence-corrected chi connectivity index (χ2v) is 4.00. The highest BCUT2D eigenvalue weighted by atomic mass is 79.9. The first-order chi connectivity index (χ1) is 6.72. The molecule has 0 saturated heterocycles. The summed E-state index contributed by atoms with van der Waals surface area (Å²) in [6.45, 7) is 2.57. The second kappa shape index (κ2) is 3.79. The van der Waals surface area contributed by atoms with Gasteiger partial charge in [0.15, 0.2) is 0 Å². The van der Waals surface area contributed by atoms with Crippen LogP contribution in [0.25, 0.3) is 5.52 Å². The van der Waals surface area contributed by atoms with Crippen LogP contribution in [0.15, 0.2) is 22.9 Å². The Hall–Kier alpha value is -0.740. The molecule has 0 radical (unpaired) electrons. The molecular weight excluding hydrogens is 267 g/mol. The van der Waals surface area contributed by atoms with Gasteiger partial charge in [0.2, 0.25) is 0 Å². The Balaban J connectivity index is 2.62. The molecule has 0 fully saturated rings. The third-order valence-corrected chi connectivity index (χ3v) is 2.69. The van der Waals surface area contributed by atoms with E-state index in [4.69, 9.17) is 16.3 Å². The van der Waals surface area contributed by atoms with Crippen molar-refractivity contribution in [3.05, 3.63) is 28.0 Å². The fourth-order valence-electron chi connectivity index (χ4n) is 1.26. The molecule has 0 aliphatic rings. The van der Waals surface area contributed by atoms with Gasteiger partial charge in [0.1, 0.15) is 5.75 Å². The van der Waals surface area contributed by atoms with Gasteiger partial charge in [0.05, 0.1) is 29.5 Å². The predicted octanol–water partition coefficient (Wildman–Crippen LogP) is 3.15. The van der Waals surface area contributed by atoms with Crippen LogP contribution in [0.4, 0.5) is 0 Å². The minimum Gasteiger partial charge on any atom is -0.492 e. The van der Waals surface area contributed by atoms with Crippen LogP contribution in [0.5, 0.6) is 5.75 Å². The number of rotatable bonds is 2. The minimum absolute atomic E-state index is 0.625. The standard InChI is InChI=1S/C9H8BrClN2O/c1-2-14-6-3-7(10)9-8(11)4-12-13(9)5-6/h3-5H,2H2,1H3. The molecule has 0 N–H and O–H groups in total. The Morgan fingerprint density at radius 1 is 1.64 bits per heavy atom. The summed E-state index contributed by atoms with van der Waals surface area (Å²) in [5, 5.41) is 4.72. The summed E-state index contributed by atoms with van der Waals surface area (Å²) in [4.78, 5) is 0. The highest BCUT2D eigenvalue weighted by molar-refractivity contribution is 9.10. The largest absolute Gasteiger partial charge is 0.492 e. The lowest BCUT2D eigenvalue weighted by Gasteiger charge is -2.04. The number of halogens is 2. The molecule has 2 heterocycles. The SMILES string of the molecule is CCOc1cc(Br)c2c(Cl)cnn2c1. The maximum atomic E-state index is 5.95. The Bertz CT molecular complexity index is 469.